The van der Waals surface area contributed by atoms with E-state index in [1.54, 1.807) is 0 Å². The normalized spacial score (nSPS) is 11.7. The van der Waals surface area contributed by atoms with Gasteiger partial charge >= 0.3 is 5.97 Å². The summed E-state index contributed by atoms with van der Waals surface area (Å²) in [5.74, 6) is 0.241. The number of hydrogen-bond donors (Lipinski definition) is 0. The molecule has 0 fully saturated rings. The van der Waals surface area contributed by atoms with E-state index >= 15 is 0 Å². The number of oxime groups is 1. The maximum Gasteiger partial charge on any atom is 0.341 e. The van der Waals surface area contributed by atoms with Crippen LogP contribution in [0, 0.1) is 0 Å². The van der Waals surface area contributed by atoms with Crippen LogP contribution in [0.1, 0.15) is 37.0 Å². The third-order valence-corrected chi connectivity index (χ3v) is 4.11. The zero-order valence-corrected chi connectivity index (χ0v) is 17.3. The van der Waals surface area contributed by atoms with Crippen molar-refractivity contribution in [3.05, 3.63) is 71.5 Å². The molecule has 0 aliphatic carbocycles. The number of carbonyl (C=O) groups excluding carboxylic acids is 1. The van der Waals surface area contributed by atoms with E-state index in [-0.39, 0.29) is 0 Å². The van der Waals surface area contributed by atoms with Gasteiger partial charge in [-0.1, -0.05) is 36.3 Å². The monoisotopic (exact) mass is 397 g/mol. The Morgan fingerprint density at radius 2 is 1.79 bits per heavy atom. The van der Waals surface area contributed by atoms with Crippen molar-refractivity contribution in [3.8, 4) is 5.75 Å². The molecule has 0 amide bonds. The first kappa shape index (κ1) is 22.0. The number of ether oxygens (including phenoxy) is 3. The van der Waals surface area contributed by atoms with Crippen LogP contribution in [0.2, 0.25) is 0 Å². The average Bonchev–Trinajstić information content (AvgIpc) is 2.76. The molecule has 2 aromatic carbocycles. The number of hydrogen-bond acceptors (Lipinski definition) is 6. The molecule has 2 aromatic rings. The molecule has 0 bridgehead atoms. The number of benzene rings is 2. The van der Waals surface area contributed by atoms with Gasteiger partial charge in [-0.25, -0.2) is 4.79 Å². The maximum absolute atomic E-state index is 12.1. The molecule has 0 radical (unpaired) electrons. The predicted molar refractivity (Wildman–Crippen MR) is 113 cm³/mol. The van der Waals surface area contributed by atoms with Gasteiger partial charge in [0.25, 0.3) is 0 Å². The van der Waals surface area contributed by atoms with Gasteiger partial charge in [-0.2, -0.15) is 0 Å². The van der Waals surface area contributed by atoms with Crippen LogP contribution in [-0.2, 0) is 25.7 Å². The Balaban J connectivity index is 2.12. The van der Waals surface area contributed by atoms with Crippen molar-refractivity contribution in [2.45, 2.75) is 26.9 Å². The summed E-state index contributed by atoms with van der Waals surface area (Å²) < 4.78 is 15.8. The molecule has 29 heavy (non-hydrogen) atoms. The lowest BCUT2D eigenvalue weighted by atomic mass is 10.0. The van der Waals surface area contributed by atoms with Gasteiger partial charge in [0, 0.05) is 0 Å². The molecule has 6 nitrogen and oxygen atoms in total. The van der Waals surface area contributed by atoms with Crippen molar-refractivity contribution in [3.63, 3.8) is 0 Å². The largest absolute Gasteiger partial charge is 0.503 e. The highest BCUT2D eigenvalue weighted by Gasteiger charge is 2.16. The van der Waals surface area contributed by atoms with Gasteiger partial charge in [0.2, 0.25) is 0 Å². The van der Waals surface area contributed by atoms with Crippen LogP contribution in [0.5, 0.6) is 5.75 Å². The molecule has 0 aliphatic rings. The van der Waals surface area contributed by atoms with Gasteiger partial charge in [0.15, 0.2) is 0 Å². The van der Waals surface area contributed by atoms with Gasteiger partial charge in [-0.3, -0.25) is 0 Å². The lowest BCUT2D eigenvalue weighted by Crippen LogP contribution is -2.08. The fraction of sp³-hybridized carbons (Fsp3) is 0.304. The molecule has 0 unspecified atom stereocenters. The molecule has 0 aromatic heterocycles. The van der Waals surface area contributed by atoms with E-state index in [0.717, 1.165) is 23.3 Å². The standard InChI is InChI=1S/C23H27NO5/c1-5-14-29-24-17(2)18-10-12-20(13-11-18)28-15-19-8-6-7-9-21(19)22(16-26-3)23(25)27-4/h6-13,16H,5,14-15H2,1-4H3. The lowest BCUT2D eigenvalue weighted by Gasteiger charge is -2.13. The van der Waals surface area contributed by atoms with Crippen molar-refractivity contribution in [1.82, 2.24) is 0 Å². The Kier molecular flexibility index (Phi) is 8.76. The summed E-state index contributed by atoms with van der Waals surface area (Å²) in [5, 5.41) is 4.09. The van der Waals surface area contributed by atoms with Crippen molar-refractivity contribution < 1.29 is 23.8 Å². The van der Waals surface area contributed by atoms with Crippen molar-refractivity contribution in [2.24, 2.45) is 5.16 Å². The van der Waals surface area contributed by atoms with E-state index in [1.807, 2.05) is 62.4 Å². The first-order valence-corrected chi connectivity index (χ1v) is 9.40. The summed E-state index contributed by atoms with van der Waals surface area (Å²) in [4.78, 5) is 17.3. The Labute approximate surface area is 171 Å². The zero-order chi connectivity index (χ0) is 21.1. The molecule has 0 heterocycles. The molecule has 154 valence electrons. The first-order valence-electron chi connectivity index (χ1n) is 9.40. The summed E-state index contributed by atoms with van der Waals surface area (Å²) in [5.41, 5.74) is 3.65. The molecular weight excluding hydrogens is 370 g/mol. The minimum Gasteiger partial charge on any atom is -0.503 e. The number of esters is 1. The fourth-order valence-corrected chi connectivity index (χ4v) is 2.60. The number of rotatable bonds is 10. The van der Waals surface area contributed by atoms with Crippen LogP contribution in [0.3, 0.4) is 0 Å². The average molecular weight is 397 g/mol. The van der Waals surface area contributed by atoms with E-state index in [4.69, 9.17) is 19.0 Å². The van der Waals surface area contributed by atoms with Gasteiger partial charge in [0.05, 0.1) is 26.2 Å². The topological polar surface area (TPSA) is 66.3 Å². The highest BCUT2D eigenvalue weighted by Crippen LogP contribution is 2.23. The molecule has 0 N–H and O–H groups in total. The summed E-state index contributed by atoms with van der Waals surface area (Å²) in [6, 6.07) is 15.1. The molecule has 0 aliphatic heterocycles. The summed E-state index contributed by atoms with van der Waals surface area (Å²) in [6.45, 7) is 4.83. The van der Waals surface area contributed by atoms with Crippen LogP contribution in [0.15, 0.2) is 59.9 Å². The highest BCUT2D eigenvalue weighted by molar-refractivity contribution is 6.16. The smallest absolute Gasteiger partial charge is 0.341 e. The van der Waals surface area contributed by atoms with E-state index in [1.165, 1.54) is 20.5 Å². The molecular formula is C23H27NO5. The minimum atomic E-state index is -0.469. The minimum absolute atomic E-state index is 0.292. The van der Waals surface area contributed by atoms with Crippen LogP contribution >= 0.6 is 0 Å². The van der Waals surface area contributed by atoms with Gasteiger partial charge < -0.3 is 19.0 Å². The Morgan fingerprint density at radius 1 is 1.07 bits per heavy atom. The van der Waals surface area contributed by atoms with Crippen LogP contribution in [0.4, 0.5) is 0 Å². The maximum atomic E-state index is 12.1. The molecule has 0 spiro atoms. The number of nitrogens with zero attached hydrogens (tertiary/aromatic N) is 1. The Hall–Kier alpha value is -3.28. The van der Waals surface area contributed by atoms with E-state index in [2.05, 4.69) is 5.16 Å². The first-order chi connectivity index (χ1) is 14.1. The van der Waals surface area contributed by atoms with Crippen molar-refractivity contribution in [2.75, 3.05) is 20.8 Å². The number of carbonyl (C=O) groups is 1. The summed E-state index contributed by atoms with van der Waals surface area (Å²) in [6.07, 6.45) is 2.30. The Bertz CT molecular complexity index is 856. The van der Waals surface area contributed by atoms with Crippen molar-refractivity contribution >= 4 is 17.3 Å². The molecule has 0 saturated carbocycles. The Morgan fingerprint density at radius 3 is 2.45 bits per heavy atom. The SMILES string of the molecule is CCCON=C(C)c1ccc(OCc2ccccc2C(=COC)C(=O)OC)cc1. The quantitative estimate of drug-likeness (QED) is 0.147. The molecule has 0 atom stereocenters. The van der Waals surface area contributed by atoms with E-state index in [9.17, 15) is 4.79 Å². The second-order valence-electron chi connectivity index (χ2n) is 6.24. The fourth-order valence-electron chi connectivity index (χ4n) is 2.60. The lowest BCUT2D eigenvalue weighted by molar-refractivity contribution is -0.133. The predicted octanol–water partition coefficient (Wildman–Crippen LogP) is 4.58. The third kappa shape index (κ3) is 6.38. The molecule has 6 heteroatoms. The van der Waals surface area contributed by atoms with Crippen LogP contribution in [0.25, 0.3) is 5.57 Å². The second kappa shape index (κ2) is 11.5. The molecule has 2 rings (SSSR count). The van der Waals surface area contributed by atoms with Crippen molar-refractivity contribution in [1.29, 1.82) is 0 Å². The summed E-state index contributed by atoms with van der Waals surface area (Å²) >= 11 is 0. The van der Waals surface area contributed by atoms with Gasteiger partial charge in [-0.05, 0) is 54.3 Å². The van der Waals surface area contributed by atoms with Crippen LogP contribution in [-0.4, -0.2) is 32.5 Å². The van der Waals surface area contributed by atoms with E-state index < -0.39 is 5.97 Å². The molecule has 0 saturated heterocycles. The van der Waals surface area contributed by atoms with Gasteiger partial charge in [0.1, 0.15) is 24.5 Å². The van der Waals surface area contributed by atoms with Crippen LogP contribution < -0.4 is 4.74 Å². The third-order valence-electron chi connectivity index (χ3n) is 4.11. The van der Waals surface area contributed by atoms with E-state index in [0.29, 0.717) is 30.1 Å². The van der Waals surface area contributed by atoms with Gasteiger partial charge in [-0.15, -0.1) is 0 Å². The number of methoxy groups -OCH3 is 2. The second-order valence-corrected chi connectivity index (χ2v) is 6.24. The summed E-state index contributed by atoms with van der Waals surface area (Å²) in [7, 11) is 2.83. The highest BCUT2D eigenvalue weighted by atomic mass is 16.6. The zero-order valence-electron chi connectivity index (χ0n) is 17.3.